The number of carbonyl (C=O) groups excluding carboxylic acids is 1. The molecule has 1 aliphatic heterocycles. The van der Waals surface area contributed by atoms with Gasteiger partial charge in [0.2, 0.25) is 5.91 Å². The van der Waals surface area contributed by atoms with Crippen molar-refractivity contribution in [2.75, 3.05) is 17.7 Å². The second kappa shape index (κ2) is 5.41. The van der Waals surface area contributed by atoms with E-state index in [9.17, 15) is 9.59 Å². The van der Waals surface area contributed by atoms with Crippen LogP contribution in [0.25, 0.3) is 0 Å². The number of fused-ring (bicyclic) bond motifs is 1. The lowest BCUT2D eigenvalue weighted by Crippen LogP contribution is -2.19. The Labute approximate surface area is 108 Å². The van der Waals surface area contributed by atoms with Crippen LogP contribution >= 0.6 is 11.8 Å². The molecule has 0 fully saturated rings. The van der Waals surface area contributed by atoms with Crippen molar-refractivity contribution < 1.29 is 19.8 Å². The summed E-state index contributed by atoms with van der Waals surface area (Å²) in [5.41, 5.74) is 1.25. The van der Waals surface area contributed by atoms with Crippen LogP contribution in [0.4, 0.5) is 5.69 Å². The topological polar surface area (TPSA) is 86.6 Å². The number of thioether (sulfide) groups is 1. The fraction of sp³-hybridized carbons (Fsp3) is 0.333. The number of nitrogens with one attached hydrogen (secondary N) is 1. The number of amides is 1. The molecule has 0 radical (unpaired) electrons. The Bertz CT molecular complexity index is 489. The van der Waals surface area contributed by atoms with Crippen LogP contribution in [0.1, 0.15) is 17.9 Å². The molecule has 0 bridgehead atoms. The van der Waals surface area contributed by atoms with E-state index < -0.39 is 11.9 Å². The van der Waals surface area contributed by atoms with E-state index in [0.717, 1.165) is 4.90 Å². The Kier molecular flexibility index (Phi) is 3.88. The molecular formula is C12H13NO4S. The Morgan fingerprint density at radius 3 is 2.94 bits per heavy atom. The van der Waals surface area contributed by atoms with Gasteiger partial charge in [0.25, 0.3) is 0 Å². The zero-order valence-electron chi connectivity index (χ0n) is 9.55. The van der Waals surface area contributed by atoms with Crippen molar-refractivity contribution in [3.05, 3.63) is 23.8 Å². The lowest BCUT2D eigenvalue weighted by molar-refractivity contribution is -0.139. The van der Waals surface area contributed by atoms with Crippen LogP contribution in [-0.4, -0.2) is 34.4 Å². The highest BCUT2D eigenvalue weighted by atomic mass is 32.2. The second-order valence-corrected chi connectivity index (χ2v) is 5.01. The third-order valence-electron chi connectivity index (χ3n) is 2.75. The number of benzene rings is 1. The standard InChI is InChI=1S/C12H13NO4S/c14-4-3-8(12(16)17)7-1-2-10-9(5-7)13-11(15)6-18-10/h1-2,5,8,14H,3-4,6H2,(H,13,15)(H,16,17). The maximum absolute atomic E-state index is 11.3. The number of aliphatic hydroxyl groups excluding tert-OH is 1. The van der Waals surface area contributed by atoms with Gasteiger partial charge in [-0.25, -0.2) is 0 Å². The van der Waals surface area contributed by atoms with Gasteiger partial charge in [-0.05, 0) is 24.1 Å². The molecule has 3 N–H and O–H groups in total. The van der Waals surface area contributed by atoms with Gasteiger partial charge in [0.1, 0.15) is 0 Å². The van der Waals surface area contributed by atoms with Crippen molar-refractivity contribution >= 4 is 29.3 Å². The Hall–Kier alpha value is -1.53. The lowest BCUT2D eigenvalue weighted by atomic mass is 9.96. The minimum atomic E-state index is -0.973. The van der Waals surface area contributed by atoms with Gasteiger partial charge in [-0.15, -0.1) is 11.8 Å². The molecule has 1 unspecified atom stereocenters. The minimum Gasteiger partial charge on any atom is -0.481 e. The summed E-state index contributed by atoms with van der Waals surface area (Å²) in [5, 5.41) is 20.7. The van der Waals surface area contributed by atoms with Crippen LogP contribution in [0.15, 0.2) is 23.1 Å². The van der Waals surface area contributed by atoms with E-state index in [0.29, 0.717) is 17.0 Å². The van der Waals surface area contributed by atoms with Crippen LogP contribution in [0.2, 0.25) is 0 Å². The Balaban J connectivity index is 2.31. The van der Waals surface area contributed by atoms with Crippen LogP contribution in [0.5, 0.6) is 0 Å². The number of hydrogen-bond donors (Lipinski definition) is 3. The molecule has 0 saturated heterocycles. The van der Waals surface area contributed by atoms with Gasteiger partial charge in [0, 0.05) is 11.5 Å². The molecule has 0 aromatic heterocycles. The van der Waals surface area contributed by atoms with Gasteiger partial charge in [-0.1, -0.05) is 6.07 Å². The summed E-state index contributed by atoms with van der Waals surface area (Å²) in [5.74, 6) is -1.42. The van der Waals surface area contributed by atoms with Crippen LogP contribution in [0.3, 0.4) is 0 Å². The fourth-order valence-electron chi connectivity index (χ4n) is 1.88. The molecule has 18 heavy (non-hydrogen) atoms. The predicted octanol–water partition coefficient (Wildman–Crippen LogP) is 1.28. The number of rotatable bonds is 4. The highest BCUT2D eigenvalue weighted by Crippen LogP contribution is 2.34. The van der Waals surface area contributed by atoms with Gasteiger partial charge in [-0.2, -0.15) is 0 Å². The summed E-state index contributed by atoms with van der Waals surface area (Å²) in [6, 6.07) is 5.22. The van der Waals surface area contributed by atoms with Gasteiger partial charge < -0.3 is 15.5 Å². The van der Waals surface area contributed by atoms with Gasteiger partial charge in [0.15, 0.2) is 0 Å². The molecule has 2 rings (SSSR count). The number of aliphatic carboxylic acids is 1. The SMILES string of the molecule is O=C1CSc2ccc(C(CCO)C(=O)O)cc2N1. The van der Waals surface area contributed by atoms with Crippen molar-refractivity contribution in [2.45, 2.75) is 17.2 Å². The first kappa shape index (κ1) is 12.9. The zero-order valence-corrected chi connectivity index (χ0v) is 10.4. The average molecular weight is 267 g/mol. The van der Waals surface area contributed by atoms with Gasteiger partial charge >= 0.3 is 5.97 Å². The van der Waals surface area contributed by atoms with Crippen LogP contribution < -0.4 is 5.32 Å². The largest absolute Gasteiger partial charge is 0.481 e. The molecular weight excluding hydrogens is 254 g/mol. The number of anilines is 1. The van der Waals surface area contributed by atoms with Crippen LogP contribution in [0, 0.1) is 0 Å². The number of carbonyl (C=O) groups is 2. The normalized spacial score (nSPS) is 15.7. The Morgan fingerprint density at radius 1 is 1.50 bits per heavy atom. The molecule has 1 atom stereocenters. The molecule has 0 aliphatic carbocycles. The molecule has 0 spiro atoms. The summed E-state index contributed by atoms with van der Waals surface area (Å²) >= 11 is 1.43. The van der Waals surface area contributed by atoms with E-state index in [4.69, 9.17) is 10.2 Å². The van der Waals surface area contributed by atoms with Gasteiger partial charge in [0.05, 0.1) is 17.4 Å². The highest BCUT2D eigenvalue weighted by Gasteiger charge is 2.22. The number of aliphatic hydroxyl groups is 1. The predicted molar refractivity (Wildman–Crippen MR) is 67.9 cm³/mol. The van der Waals surface area contributed by atoms with Gasteiger partial charge in [-0.3, -0.25) is 9.59 Å². The van der Waals surface area contributed by atoms with E-state index in [1.807, 2.05) is 6.07 Å². The Morgan fingerprint density at radius 2 is 2.28 bits per heavy atom. The summed E-state index contributed by atoms with van der Waals surface area (Å²) in [7, 11) is 0. The van der Waals surface area contributed by atoms with Crippen molar-refractivity contribution in [1.82, 2.24) is 0 Å². The third-order valence-corrected chi connectivity index (χ3v) is 3.83. The van der Waals surface area contributed by atoms with Crippen molar-refractivity contribution in [2.24, 2.45) is 0 Å². The van der Waals surface area contributed by atoms with E-state index >= 15 is 0 Å². The number of carboxylic acids is 1. The molecule has 0 saturated carbocycles. The summed E-state index contributed by atoms with van der Waals surface area (Å²) < 4.78 is 0. The average Bonchev–Trinajstić information content (AvgIpc) is 2.34. The summed E-state index contributed by atoms with van der Waals surface area (Å²) in [6.07, 6.45) is 0.162. The maximum atomic E-state index is 11.3. The molecule has 96 valence electrons. The fourth-order valence-corrected chi connectivity index (χ4v) is 2.67. The van der Waals surface area contributed by atoms with Crippen molar-refractivity contribution in [3.8, 4) is 0 Å². The molecule has 1 aromatic rings. The van der Waals surface area contributed by atoms with E-state index in [2.05, 4.69) is 5.32 Å². The smallest absolute Gasteiger partial charge is 0.311 e. The summed E-state index contributed by atoms with van der Waals surface area (Å²) in [6.45, 7) is -0.185. The second-order valence-electron chi connectivity index (χ2n) is 4.00. The molecule has 1 aliphatic rings. The first-order valence-corrected chi connectivity index (χ1v) is 6.50. The zero-order chi connectivity index (χ0) is 13.1. The first-order valence-electron chi connectivity index (χ1n) is 5.52. The summed E-state index contributed by atoms with van der Waals surface area (Å²) in [4.78, 5) is 23.3. The van der Waals surface area contributed by atoms with Crippen molar-refractivity contribution in [3.63, 3.8) is 0 Å². The maximum Gasteiger partial charge on any atom is 0.311 e. The number of carboxylic acid groups (broad SMARTS) is 1. The highest BCUT2D eigenvalue weighted by molar-refractivity contribution is 8.00. The molecule has 1 heterocycles. The monoisotopic (exact) mass is 267 g/mol. The van der Waals surface area contributed by atoms with E-state index in [1.165, 1.54) is 11.8 Å². The van der Waals surface area contributed by atoms with E-state index in [1.54, 1.807) is 12.1 Å². The quantitative estimate of drug-likeness (QED) is 0.765. The van der Waals surface area contributed by atoms with Crippen LogP contribution in [-0.2, 0) is 9.59 Å². The minimum absolute atomic E-state index is 0.0846. The van der Waals surface area contributed by atoms with E-state index in [-0.39, 0.29) is 18.9 Å². The molecule has 1 amide bonds. The third kappa shape index (κ3) is 2.65. The number of hydrogen-bond acceptors (Lipinski definition) is 4. The first-order chi connectivity index (χ1) is 8.61. The van der Waals surface area contributed by atoms with Crippen molar-refractivity contribution in [1.29, 1.82) is 0 Å². The lowest BCUT2D eigenvalue weighted by Gasteiger charge is -2.19. The molecule has 5 nitrogen and oxygen atoms in total. The molecule has 6 heteroatoms. The molecule has 1 aromatic carbocycles.